The molecule has 154 valence electrons. The minimum atomic E-state index is -3.87. The van der Waals surface area contributed by atoms with Crippen LogP contribution >= 0.6 is 0 Å². The Morgan fingerprint density at radius 1 is 0.645 bits per heavy atom. The van der Waals surface area contributed by atoms with E-state index in [0.717, 1.165) is 5.56 Å². The molecule has 0 N–H and O–H groups in total. The summed E-state index contributed by atoms with van der Waals surface area (Å²) in [7, 11) is 1.51. The monoisotopic (exact) mass is 514 g/mol. The molecule has 0 fully saturated rings. The minimum absolute atomic E-state index is 0.129. The average molecular weight is 513 g/mol. The van der Waals surface area contributed by atoms with Crippen LogP contribution in [0.4, 0.5) is 0 Å². The quantitative estimate of drug-likeness (QED) is 0.277. The fraction of sp³-hybridized carbons (Fsp3) is 0.107. The molecule has 0 amide bonds. The van der Waals surface area contributed by atoms with Crippen LogP contribution in [0.25, 0.3) is 0 Å². The third-order valence-electron chi connectivity index (χ3n) is 5.98. The van der Waals surface area contributed by atoms with Gasteiger partial charge in [0.1, 0.15) is 0 Å². The van der Waals surface area contributed by atoms with Crippen molar-refractivity contribution in [1.82, 2.24) is 0 Å². The molecule has 0 spiro atoms. The summed E-state index contributed by atoms with van der Waals surface area (Å²) in [5.74, 6) is -0.129. The van der Waals surface area contributed by atoms with Crippen molar-refractivity contribution in [1.29, 1.82) is 0 Å². The van der Waals surface area contributed by atoms with Gasteiger partial charge in [-0.3, -0.25) is 0 Å². The molecule has 0 saturated carbocycles. The fourth-order valence-electron chi connectivity index (χ4n) is 4.61. The summed E-state index contributed by atoms with van der Waals surface area (Å²) in [6.07, 6.45) is 0.655. The van der Waals surface area contributed by atoms with Crippen LogP contribution in [-0.4, -0.2) is 31.5 Å². The van der Waals surface area contributed by atoms with Crippen LogP contribution in [0, 0.1) is 0 Å². The number of benzene rings is 4. The van der Waals surface area contributed by atoms with E-state index in [1.807, 2.05) is 36.4 Å². The topological polar surface area (TPSA) is 26.3 Å². The Morgan fingerprint density at radius 3 is 1.35 bits per heavy atom. The van der Waals surface area contributed by atoms with E-state index in [0.29, 0.717) is 6.42 Å². The van der Waals surface area contributed by atoms with Crippen molar-refractivity contribution in [2.75, 3.05) is 7.11 Å². The number of esters is 1. The van der Waals surface area contributed by atoms with Crippen molar-refractivity contribution in [3.8, 4) is 0 Å². The third-order valence-corrected chi connectivity index (χ3v) is 20.9. The van der Waals surface area contributed by atoms with E-state index in [2.05, 4.69) is 84.9 Å². The van der Waals surface area contributed by atoms with Gasteiger partial charge in [-0.1, -0.05) is 0 Å². The van der Waals surface area contributed by atoms with Gasteiger partial charge in [0.2, 0.25) is 0 Å². The molecule has 0 aliphatic heterocycles. The Labute approximate surface area is 188 Å². The maximum atomic E-state index is 13.5. The predicted octanol–water partition coefficient (Wildman–Crippen LogP) is 3.94. The molecule has 3 heteroatoms. The first-order valence-electron chi connectivity index (χ1n) is 10.5. The standard InChI is InChI=1S/C10H11O2.3C6H5.Sn/c1-12-10(11)8-7-9-5-3-2-4-6-9;3*1-2-4-6-5-3-1;/h2-6,8H,7H2,1H3;3*1-5H;. The van der Waals surface area contributed by atoms with Gasteiger partial charge in [-0.05, 0) is 0 Å². The molecule has 2 nitrogen and oxygen atoms in total. The average Bonchev–Trinajstić information content (AvgIpc) is 2.86. The van der Waals surface area contributed by atoms with E-state index in [1.165, 1.54) is 17.8 Å². The Morgan fingerprint density at radius 2 is 1.00 bits per heavy atom. The first-order valence-corrected chi connectivity index (χ1v) is 16.5. The number of hydrogen-bond acceptors (Lipinski definition) is 2. The predicted molar refractivity (Wildman–Crippen MR) is 130 cm³/mol. The summed E-state index contributed by atoms with van der Waals surface area (Å²) in [6, 6.07) is 42.2. The summed E-state index contributed by atoms with van der Waals surface area (Å²) >= 11 is -3.87. The van der Waals surface area contributed by atoms with Gasteiger partial charge in [-0.25, -0.2) is 0 Å². The Kier molecular flexibility index (Phi) is 6.88. The molecule has 1 unspecified atom stereocenters. The third kappa shape index (κ3) is 4.31. The van der Waals surface area contributed by atoms with Gasteiger partial charge in [0.25, 0.3) is 0 Å². The zero-order valence-electron chi connectivity index (χ0n) is 17.6. The van der Waals surface area contributed by atoms with Crippen LogP contribution in [0.5, 0.6) is 0 Å². The SMILES string of the molecule is COC(=O)[CH](Cc1ccccc1)[Sn]([c]1ccccc1)([c]1ccccc1)[c]1ccccc1. The molecule has 0 aromatic heterocycles. The summed E-state index contributed by atoms with van der Waals surface area (Å²) in [6.45, 7) is 0. The van der Waals surface area contributed by atoms with Crippen molar-refractivity contribution in [3.63, 3.8) is 0 Å². The van der Waals surface area contributed by atoms with Crippen LogP contribution in [0.3, 0.4) is 0 Å². The molecule has 1 atom stereocenters. The Balaban J connectivity index is 2.05. The van der Waals surface area contributed by atoms with E-state index in [9.17, 15) is 4.79 Å². The van der Waals surface area contributed by atoms with Gasteiger partial charge in [0.15, 0.2) is 0 Å². The van der Waals surface area contributed by atoms with Gasteiger partial charge in [-0.15, -0.1) is 0 Å². The van der Waals surface area contributed by atoms with E-state index >= 15 is 0 Å². The molecule has 0 aliphatic rings. The van der Waals surface area contributed by atoms with Crippen LogP contribution in [0.15, 0.2) is 121 Å². The van der Waals surface area contributed by atoms with E-state index in [1.54, 1.807) is 0 Å². The molecular weight excluding hydrogens is 487 g/mol. The Bertz CT molecular complexity index is 1000. The van der Waals surface area contributed by atoms with Gasteiger partial charge < -0.3 is 0 Å². The van der Waals surface area contributed by atoms with Crippen molar-refractivity contribution < 1.29 is 9.53 Å². The second-order valence-electron chi connectivity index (χ2n) is 7.67. The molecule has 4 rings (SSSR count). The van der Waals surface area contributed by atoms with Crippen LogP contribution < -0.4 is 10.7 Å². The number of carbonyl (C=O) groups excluding carboxylic acids is 1. The Hall–Kier alpha value is -2.85. The van der Waals surface area contributed by atoms with Crippen LogP contribution in [0.1, 0.15) is 5.56 Å². The second kappa shape index (κ2) is 9.97. The molecule has 0 radical (unpaired) electrons. The van der Waals surface area contributed by atoms with Crippen molar-refractivity contribution in [2.45, 2.75) is 10.4 Å². The number of ether oxygens (including phenoxy) is 1. The molecule has 4 aromatic carbocycles. The molecule has 0 bridgehead atoms. The molecule has 0 saturated heterocycles. The van der Waals surface area contributed by atoms with E-state index < -0.39 is 18.4 Å². The van der Waals surface area contributed by atoms with E-state index in [-0.39, 0.29) is 9.90 Å². The van der Waals surface area contributed by atoms with Crippen molar-refractivity contribution in [2.24, 2.45) is 0 Å². The number of carbonyl (C=O) groups is 1. The zero-order chi connectivity index (χ0) is 21.5. The van der Waals surface area contributed by atoms with Gasteiger partial charge in [0.05, 0.1) is 0 Å². The maximum absolute atomic E-state index is 13.5. The van der Waals surface area contributed by atoms with Crippen molar-refractivity contribution in [3.05, 3.63) is 127 Å². The zero-order valence-corrected chi connectivity index (χ0v) is 20.5. The number of hydrogen-bond donors (Lipinski definition) is 0. The molecular formula is C28H26O2Sn. The number of rotatable bonds is 7. The fourth-order valence-corrected chi connectivity index (χ4v) is 20.0. The summed E-state index contributed by atoms with van der Waals surface area (Å²) in [4.78, 5) is 13.5. The molecule has 0 heterocycles. The number of methoxy groups -OCH3 is 1. The van der Waals surface area contributed by atoms with Gasteiger partial charge >= 0.3 is 189 Å². The van der Waals surface area contributed by atoms with Gasteiger partial charge in [0, 0.05) is 0 Å². The van der Waals surface area contributed by atoms with E-state index in [4.69, 9.17) is 4.74 Å². The van der Waals surface area contributed by atoms with Crippen LogP contribution in [0.2, 0.25) is 3.93 Å². The first-order chi connectivity index (χ1) is 15.3. The second-order valence-corrected chi connectivity index (χ2v) is 19.2. The van der Waals surface area contributed by atoms with Gasteiger partial charge in [-0.2, -0.15) is 0 Å². The molecule has 0 aliphatic carbocycles. The first kappa shape index (κ1) is 21.4. The summed E-state index contributed by atoms with van der Waals surface area (Å²) in [5, 5.41) is 0. The van der Waals surface area contributed by atoms with Crippen molar-refractivity contribution >= 4 is 35.1 Å². The molecule has 31 heavy (non-hydrogen) atoms. The van der Waals surface area contributed by atoms with Crippen LogP contribution in [-0.2, 0) is 16.0 Å². The molecule has 4 aromatic rings. The normalized spacial score (nSPS) is 12.2. The summed E-state index contributed by atoms with van der Waals surface area (Å²) in [5.41, 5.74) is 1.15. The summed E-state index contributed by atoms with van der Waals surface area (Å²) < 4.78 is 9.06.